The van der Waals surface area contributed by atoms with Gasteiger partial charge in [0.15, 0.2) is 8.32 Å². The zero-order valence-corrected chi connectivity index (χ0v) is 15.2. The Morgan fingerprint density at radius 3 is 1.95 bits per heavy atom. The highest BCUT2D eigenvalue weighted by molar-refractivity contribution is 6.73. The van der Waals surface area contributed by atoms with E-state index in [4.69, 9.17) is 4.43 Å². The lowest BCUT2D eigenvalue weighted by Crippen LogP contribution is -2.43. The predicted octanol–water partition coefficient (Wildman–Crippen LogP) is 4.40. The molecule has 0 aromatic rings. The van der Waals surface area contributed by atoms with Crippen LogP contribution in [0.5, 0.6) is 0 Å². The van der Waals surface area contributed by atoms with Gasteiger partial charge in [-0.1, -0.05) is 47.6 Å². The van der Waals surface area contributed by atoms with Gasteiger partial charge in [-0.2, -0.15) is 0 Å². The minimum absolute atomic E-state index is 0.169. The summed E-state index contributed by atoms with van der Waals surface area (Å²) in [4.78, 5) is 11.2. The van der Waals surface area contributed by atoms with Crippen LogP contribution in [0.15, 0.2) is 12.2 Å². The predicted molar refractivity (Wildman–Crippen MR) is 87.2 cm³/mol. The smallest absolute Gasteiger partial charge is 0.330 e. The van der Waals surface area contributed by atoms with Gasteiger partial charge in [0.2, 0.25) is 0 Å². The van der Waals surface area contributed by atoms with Gasteiger partial charge in [0.05, 0.1) is 13.2 Å². The third kappa shape index (κ3) is 5.79. The molecule has 0 rings (SSSR count). The summed E-state index contributed by atoms with van der Waals surface area (Å²) < 4.78 is 11.3. The Labute approximate surface area is 125 Å². The molecule has 0 aliphatic carbocycles. The zero-order valence-electron chi connectivity index (χ0n) is 14.2. The highest BCUT2D eigenvalue weighted by Gasteiger charge is 2.34. The van der Waals surface area contributed by atoms with E-state index >= 15 is 0 Å². The molecule has 0 spiro atoms. The molecule has 0 aliphatic rings. The van der Waals surface area contributed by atoms with E-state index in [0.29, 0.717) is 5.92 Å². The normalized spacial score (nSPS) is 15.6. The van der Waals surface area contributed by atoms with Gasteiger partial charge in [-0.05, 0) is 30.0 Å². The average molecular weight is 301 g/mol. The van der Waals surface area contributed by atoms with Crippen molar-refractivity contribution in [1.29, 1.82) is 0 Å². The van der Waals surface area contributed by atoms with Crippen LogP contribution in [-0.4, -0.2) is 27.5 Å². The van der Waals surface area contributed by atoms with Gasteiger partial charge in [0, 0.05) is 6.08 Å². The third-order valence-corrected chi connectivity index (χ3v) is 8.87. The summed E-state index contributed by atoms with van der Waals surface area (Å²) >= 11 is 0. The van der Waals surface area contributed by atoms with Gasteiger partial charge < -0.3 is 9.16 Å². The monoisotopic (exact) mass is 300 g/mol. The Morgan fingerprint density at radius 1 is 1.10 bits per heavy atom. The van der Waals surface area contributed by atoms with Gasteiger partial charge in [-0.3, -0.25) is 0 Å². The second-order valence-electron chi connectivity index (χ2n) is 5.81. The maximum absolute atomic E-state index is 11.2. The molecule has 118 valence electrons. The first kappa shape index (κ1) is 19.4. The van der Waals surface area contributed by atoms with Gasteiger partial charge >= 0.3 is 5.97 Å². The number of ether oxygens (including phenoxy) is 1. The van der Waals surface area contributed by atoms with Gasteiger partial charge in [-0.25, -0.2) is 4.79 Å². The average Bonchev–Trinajstić information content (AvgIpc) is 2.46. The third-order valence-electron chi connectivity index (χ3n) is 4.23. The van der Waals surface area contributed by atoms with Crippen LogP contribution in [0.4, 0.5) is 0 Å². The van der Waals surface area contributed by atoms with E-state index in [1.807, 2.05) is 6.08 Å². The van der Waals surface area contributed by atoms with Crippen molar-refractivity contribution in [3.63, 3.8) is 0 Å². The molecule has 0 saturated carbocycles. The van der Waals surface area contributed by atoms with Crippen LogP contribution in [0.2, 0.25) is 18.1 Å². The van der Waals surface area contributed by atoms with Crippen molar-refractivity contribution in [2.24, 2.45) is 11.8 Å². The lowest BCUT2D eigenvalue weighted by Gasteiger charge is -2.37. The molecule has 4 heteroatoms. The Kier molecular flexibility index (Phi) is 9.06. The number of carbonyl (C=O) groups is 1. The van der Waals surface area contributed by atoms with Crippen LogP contribution >= 0.6 is 0 Å². The van der Waals surface area contributed by atoms with Gasteiger partial charge in [0.25, 0.3) is 0 Å². The van der Waals surface area contributed by atoms with E-state index in [2.05, 4.69) is 46.3 Å². The molecule has 0 aliphatic heterocycles. The second kappa shape index (κ2) is 9.35. The summed E-state index contributed by atoms with van der Waals surface area (Å²) in [5.41, 5.74) is 0. The van der Waals surface area contributed by atoms with E-state index in [1.54, 1.807) is 0 Å². The number of rotatable bonds is 9. The van der Waals surface area contributed by atoms with Crippen molar-refractivity contribution < 1.29 is 14.0 Å². The van der Waals surface area contributed by atoms with Crippen molar-refractivity contribution >= 4 is 14.3 Å². The van der Waals surface area contributed by atoms with E-state index in [9.17, 15) is 4.79 Å². The molecule has 20 heavy (non-hydrogen) atoms. The van der Waals surface area contributed by atoms with E-state index in [-0.39, 0.29) is 18.0 Å². The molecule has 0 aromatic carbocycles. The number of methoxy groups -OCH3 is 1. The summed E-state index contributed by atoms with van der Waals surface area (Å²) in [6, 6.07) is 3.45. The van der Waals surface area contributed by atoms with E-state index < -0.39 is 8.32 Å². The summed E-state index contributed by atoms with van der Waals surface area (Å²) in [7, 11) is -0.221. The zero-order chi connectivity index (χ0) is 15.8. The quantitative estimate of drug-likeness (QED) is 0.360. The number of hydrogen-bond donors (Lipinski definition) is 0. The summed E-state index contributed by atoms with van der Waals surface area (Å²) in [5, 5.41) is 0. The van der Waals surface area contributed by atoms with Crippen LogP contribution in [0, 0.1) is 11.8 Å². The Morgan fingerprint density at radius 2 is 1.60 bits per heavy atom. The van der Waals surface area contributed by atoms with Crippen molar-refractivity contribution in [2.45, 2.75) is 65.8 Å². The van der Waals surface area contributed by atoms with Crippen molar-refractivity contribution in [3.05, 3.63) is 12.2 Å². The Hall–Kier alpha value is -0.613. The fourth-order valence-electron chi connectivity index (χ4n) is 2.55. The maximum atomic E-state index is 11.2. The number of carbonyl (C=O) groups excluding carboxylic acids is 1. The molecule has 0 heterocycles. The molecule has 0 aromatic heterocycles. The molecule has 2 atom stereocenters. The second-order valence-corrected chi connectivity index (χ2v) is 10.5. The first-order valence-corrected chi connectivity index (χ1v) is 10.3. The lowest BCUT2D eigenvalue weighted by molar-refractivity contribution is -0.134. The maximum Gasteiger partial charge on any atom is 0.330 e. The highest BCUT2D eigenvalue weighted by atomic mass is 28.4. The number of esters is 1. The minimum Gasteiger partial charge on any atom is -0.466 e. The molecule has 3 nitrogen and oxygen atoms in total. The van der Waals surface area contributed by atoms with Crippen LogP contribution in [0.25, 0.3) is 0 Å². The molecule has 0 amide bonds. The van der Waals surface area contributed by atoms with Crippen molar-refractivity contribution in [1.82, 2.24) is 0 Å². The summed E-state index contributed by atoms with van der Waals surface area (Å²) in [5.74, 6) is 0.346. The Balaban J connectivity index is 4.96. The minimum atomic E-state index is -1.62. The molecule has 0 fully saturated rings. The van der Waals surface area contributed by atoms with Crippen LogP contribution in [-0.2, 0) is 14.0 Å². The first-order chi connectivity index (χ1) is 9.35. The van der Waals surface area contributed by atoms with Gasteiger partial charge in [-0.15, -0.1) is 0 Å². The molecule has 0 radical (unpaired) electrons. The fourth-order valence-corrected chi connectivity index (χ4v) is 5.61. The molecule has 0 N–H and O–H groups in total. The first-order valence-electron chi connectivity index (χ1n) is 7.79. The van der Waals surface area contributed by atoms with E-state index in [0.717, 1.165) is 18.1 Å². The van der Waals surface area contributed by atoms with Gasteiger partial charge in [0.1, 0.15) is 0 Å². The topological polar surface area (TPSA) is 35.5 Å². The van der Waals surface area contributed by atoms with Crippen molar-refractivity contribution in [2.75, 3.05) is 7.11 Å². The van der Waals surface area contributed by atoms with E-state index in [1.165, 1.54) is 13.2 Å². The van der Waals surface area contributed by atoms with Crippen LogP contribution in [0.3, 0.4) is 0 Å². The SMILES string of the molecule is CC[Si](CC)(CC)O[C@H](C(C)C)[C@H](C)/C=C/C(=O)OC. The molecule has 0 saturated heterocycles. The summed E-state index contributed by atoms with van der Waals surface area (Å²) in [6.45, 7) is 13.2. The largest absolute Gasteiger partial charge is 0.466 e. The Bertz CT molecular complexity index is 301. The standard InChI is InChI=1S/C16H32O3Si/c1-8-20(9-2,10-3)19-16(13(4)5)14(6)11-12-15(17)18-7/h11-14,16H,8-10H2,1-7H3/b12-11+/t14-,16-/m1/s1. The van der Waals surface area contributed by atoms with Crippen LogP contribution in [0.1, 0.15) is 41.5 Å². The molecular formula is C16H32O3Si. The van der Waals surface area contributed by atoms with Crippen LogP contribution < -0.4 is 0 Å². The highest BCUT2D eigenvalue weighted by Crippen LogP contribution is 2.29. The number of hydrogen-bond acceptors (Lipinski definition) is 3. The molecule has 0 bridgehead atoms. The lowest BCUT2D eigenvalue weighted by atomic mass is 9.94. The fraction of sp³-hybridized carbons (Fsp3) is 0.812. The summed E-state index contributed by atoms with van der Waals surface area (Å²) in [6.07, 6.45) is 3.59. The molecule has 0 unspecified atom stereocenters. The van der Waals surface area contributed by atoms with Crippen molar-refractivity contribution in [3.8, 4) is 0 Å². The molecular weight excluding hydrogens is 268 g/mol.